The minimum absolute atomic E-state index is 0.00158. The molecule has 58 heavy (non-hydrogen) atoms. The van der Waals surface area contributed by atoms with Crippen molar-refractivity contribution in [2.75, 3.05) is 24.2 Å². The molecule has 3 aliphatic rings. The van der Waals surface area contributed by atoms with Gasteiger partial charge in [-0.1, -0.05) is 18.2 Å². The molecule has 5 atom stereocenters. The molecule has 13 nitrogen and oxygen atoms in total. The molecule has 1 aliphatic carbocycles. The Balaban J connectivity index is 1.47. The number of nitrogens with zero attached hydrogens (tertiary/aromatic N) is 2. The average Bonchev–Trinajstić information content (AvgIpc) is 3.26. The maximum absolute atomic E-state index is 14.0. The van der Waals surface area contributed by atoms with E-state index in [0.717, 1.165) is 39.7 Å². The Morgan fingerprint density at radius 2 is 1.91 bits per heavy atom. The number of nitrogens with one attached hydrogen (secondary N) is 1. The molecule has 0 fully saturated rings. The number of phenols is 2. The van der Waals surface area contributed by atoms with Crippen molar-refractivity contribution >= 4 is 28.6 Å². The number of hydrogen-bond donors (Lipinski definition) is 6. The fourth-order valence-corrected chi connectivity index (χ4v) is 9.41. The van der Waals surface area contributed by atoms with Gasteiger partial charge in [-0.3, -0.25) is 4.79 Å². The van der Waals surface area contributed by atoms with Crippen LogP contribution in [0.15, 0.2) is 75.7 Å². The van der Waals surface area contributed by atoms with E-state index in [4.69, 9.17) is 19.6 Å². The molecule has 0 spiro atoms. The van der Waals surface area contributed by atoms with Crippen LogP contribution in [0.5, 0.6) is 17.2 Å². The lowest BCUT2D eigenvalue weighted by Gasteiger charge is -2.49. The zero-order valence-corrected chi connectivity index (χ0v) is 32.7. The van der Waals surface area contributed by atoms with Gasteiger partial charge in [-0.05, 0) is 105 Å². The van der Waals surface area contributed by atoms with Gasteiger partial charge in [0.05, 0.1) is 12.2 Å². The van der Waals surface area contributed by atoms with Gasteiger partial charge in [0.1, 0.15) is 63.9 Å². The zero-order valence-electron chi connectivity index (χ0n) is 32.7. The standard InChI is InChI=1S/C45H48N4O9/c1-4-24(21-50)44(55)57-35-19-33-40(54)39-34(53)18-30(22-51)56-42(39)38-32-17-27-16-29(52)10-9-25(27)7-8-26(37-31(32)12-13-48-43(37)46)15-28(45(35,3)58-41(33)38)14-23-6-11-36(47-5-2)49-20-23/h4,6,9-13,16,18,20,26,28,32,35,50-52,54H,5,7-8,14-15,17,19,21-22H2,1-3H3,(H2,46,48)(H,47,49)/b24-4-/t26-,28+,32+,35-,45+/m1/s1. The van der Waals surface area contributed by atoms with Crippen LogP contribution < -0.4 is 21.2 Å². The van der Waals surface area contributed by atoms with Crippen molar-refractivity contribution in [2.24, 2.45) is 5.92 Å². The lowest BCUT2D eigenvalue weighted by molar-refractivity contribution is -0.165. The van der Waals surface area contributed by atoms with E-state index in [1.165, 1.54) is 6.08 Å². The Bertz CT molecular complexity index is 2500. The topological polar surface area (TPSA) is 210 Å². The Hall–Kier alpha value is -5.92. The van der Waals surface area contributed by atoms with Crippen LogP contribution in [-0.4, -0.2) is 61.2 Å². The molecule has 0 saturated heterocycles. The number of rotatable bonds is 8. The summed E-state index contributed by atoms with van der Waals surface area (Å²) in [5, 5.41) is 46.5. The number of benzene rings is 2. The van der Waals surface area contributed by atoms with E-state index in [-0.39, 0.29) is 57.5 Å². The van der Waals surface area contributed by atoms with E-state index in [2.05, 4.69) is 15.3 Å². The molecule has 3 aromatic heterocycles. The Labute approximate surface area is 335 Å². The van der Waals surface area contributed by atoms with Crippen LogP contribution in [-0.2, 0) is 41.8 Å². The first-order chi connectivity index (χ1) is 28.0. The second-order valence-electron chi connectivity index (χ2n) is 15.7. The maximum atomic E-state index is 14.0. The molecular formula is C45H48N4O9. The summed E-state index contributed by atoms with van der Waals surface area (Å²) in [6, 6.07) is 12.4. The van der Waals surface area contributed by atoms with E-state index in [1.54, 1.807) is 25.3 Å². The van der Waals surface area contributed by atoms with Gasteiger partial charge in [-0.2, -0.15) is 0 Å². The number of hydrogen-bond acceptors (Lipinski definition) is 13. The third-order valence-corrected chi connectivity index (χ3v) is 12.4. The highest BCUT2D eigenvalue weighted by Gasteiger charge is 2.53. The summed E-state index contributed by atoms with van der Waals surface area (Å²) in [7, 11) is 0. The summed E-state index contributed by atoms with van der Waals surface area (Å²) >= 11 is 0. The van der Waals surface area contributed by atoms with Crippen LogP contribution in [0.2, 0.25) is 0 Å². The number of pyridine rings is 2. The van der Waals surface area contributed by atoms with Gasteiger partial charge < -0.3 is 45.4 Å². The number of ether oxygens (including phenoxy) is 2. The van der Waals surface area contributed by atoms with Gasteiger partial charge in [-0.15, -0.1) is 0 Å². The van der Waals surface area contributed by atoms with Gasteiger partial charge >= 0.3 is 5.97 Å². The Kier molecular flexibility index (Phi) is 10.4. The van der Waals surface area contributed by atoms with Crippen molar-refractivity contribution < 1.29 is 39.1 Å². The second-order valence-corrected chi connectivity index (χ2v) is 15.7. The maximum Gasteiger partial charge on any atom is 0.336 e. The number of fused-ring (bicyclic) bond motifs is 5. The van der Waals surface area contributed by atoms with Crippen molar-refractivity contribution in [3.05, 3.63) is 121 Å². The second kappa shape index (κ2) is 15.4. The van der Waals surface area contributed by atoms with Gasteiger partial charge in [0.25, 0.3) is 0 Å². The normalized spacial score (nSPS) is 22.5. The number of esters is 1. The van der Waals surface area contributed by atoms with E-state index < -0.39 is 48.2 Å². The van der Waals surface area contributed by atoms with Crippen LogP contribution in [0.1, 0.15) is 90.2 Å². The quantitative estimate of drug-likeness (QED) is 0.0823. The number of nitrogens with two attached hydrogens (primary N) is 1. The summed E-state index contributed by atoms with van der Waals surface area (Å²) < 4.78 is 20.1. The van der Waals surface area contributed by atoms with Crippen LogP contribution in [0, 0.1) is 5.92 Å². The van der Waals surface area contributed by atoms with Gasteiger partial charge in [-0.25, -0.2) is 14.8 Å². The number of aromatic nitrogens is 2. The molecule has 5 aromatic rings. The molecule has 0 saturated carbocycles. The number of aryl methyl sites for hydroxylation is 1. The Morgan fingerprint density at radius 1 is 1.09 bits per heavy atom. The number of aliphatic hydroxyl groups is 2. The van der Waals surface area contributed by atoms with E-state index in [1.807, 2.05) is 44.3 Å². The molecule has 0 radical (unpaired) electrons. The highest BCUT2D eigenvalue weighted by molar-refractivity contribution is 5.92. The molecule has 302 valence electrons. The number of carbonyl (C=O) groups excluding carboxylic acids is 1. The van der Waals surface area contributed by atoms with Crippen molar-refractivity contribution in [1.29, 1.82) is 0 Å². The number of aromatic hydroxyl groups is 2. The third kappa shape index (κ3) is 6.71. The lowest BCUT2D eigenvalue weighted by Crippen LogP contribution is -2.57. The first kappa shape index (κ1) is 38.9. The molecule has 7 N–H and O–H groups in total. The predicted molar refractivity (Wildman–Crippen MR) is 217 cm³/mol. The fourth-order valence-electron chi connectivity index (χ4n) is 9.41. The van der Waals surface area contributed by atoms with Crippen molar-refractivity contribution in [2.45, 2.75) is 89.4 Å². The zero-order chi connectivity index (χ0) is 40.9. The molecule has 2 aliphatic heterocycles. The summed E-state index contributed by atoms with van der Waals surface area (Å²) in [5.74, 6) is -0.897. The average molecular weight is 789 g/mol. The predicted octanol–water partition coefficient (Wildman–Crippen LogP) is 5.71. The molecule has 5 heterocycles. The van der Waals surface area contributed by atoms with Crippen molar-refractivity contribution in [3.8, 4) is 17.2 Å². The fraction of sp³-hybridized carbons (Fsp3) is 0.378. The van der Waals surface area contributed by atoms with Crippen molar-refractivity contribution in [1.82, 2.24) is 9.97 Å². The van der Waals surface area contributed by atoms with E-state index >= 15 is 0 Å². The molecule has 4 bridgehead atoms. The Morgan fingerprint density at radius 3 is 2.64 bits per heavy atom. The summed E-state index contributed by atoms with van der Waals surface area (Å²) in [4.78, 5) is 37.1. The van der Waals surface area contributed by atoms with Crippen LogP contribution in [0.3, 0.4) is 0 Å². The smallest absolute Gasteiger partial charge is 0.336 e. The first-order valence-corrected chi connectivity index (χ1v) is 19.8. The van der Waals surface area contributed by atoms with Gasteiger partial charge in [0.15, 0.2) is 5.43 Å². The minimum atomic E-state index is -1.29. The summed E-state index contributed by atoms with van der Waals surface area (Å²) in [5.41, 5.74) is 10.4. The summed E-state index contributed by atoms with van der Waals surface area (Å²) in [6.45, 7) is 5.14. The molecular weight excluding hydrogens is 741 g/mol. The number of allylic oxidation sites excluding steroid dienone is 1. The number of aliphatic hydroxyl groups excluding tert-OH is 2. The van der Waals surface area contributed by atoms with Crippen LogP contribution in [0.25, 0.3) is 11.0 Å². The lowest BCUT2D eigenvalue weighted by atomic mass is 9.68. The molecule has 0 amide bonds. The number of carbonyl (C=O) groups is 1. The molecule has 13 heteroatoms. The van der Waals surface area contributed by atoms with Crippen LogP contribution >= 0.6 is 0 Å². The van der Waals surface area contributed by atoms with Gasteiger partial charge in [0.2, 0.25) is 0 Å². The first-order valence-electron chi connectivity index (χ1n) is 19.8. The highest BCUT2D eigenvalue weighted by atomic mass is 16.6. The summed E-state index contributed by atoms with van der Waals surface area (Å²) in [6.07, 6.45) is 6.47. The van der Waals surface area contributed by atoms with E-state index in [9.17, 15) is 30.0 Å². The number of nitrogen functional groups attached to an aromatic ring is 1. The molecule has 8 rings (SSSR count). The van der Waals surface area contributed by atoms with E-state index in [0.29, 0.717) is 50.0 Å². The van der Waals surface area contributed by atoms with Crippen LogP contribution in [0.4, 0.5) is 11.6 Å². The minimum Gasteiger partial charge on any atom is -0.508 e. The number of anilines is 2. The van der Waals surface area contributed by atoms with Crippen molar-refractivity contribution in [3.63, 3.8) is 0 Å². The third-order valence-electron chi connectivity index (χ3n) is 12.4. The largest absolute Gasteiger partial charge is 0.508 e. The SMILES string of the molecule is C/C=C(/CO)C(=O)O[C@@H]1Cc2c3c(c4oc(CO)cc(=O)c4c2O)[C@H]2Cc4cc(O)ccc4CC[C@H](C[C@H](Cc4ccc(NCC)nc4)[C@]1(C)O3)c1c2ccnc1N. The monoisotopic (exact) mass is 788 g/mol. The number of phenolic OH excluding ortho intramolecular Hbond substituents is 2. The molecule has 0 unspecified atom stereocenters. The molecule has 2 aromatic carbocycles. The highest BCUT2D eigenvalue weighted by Crippen LogP contribution is 2.56. The van der Waals surface area contributed by atoms with Gasteiger partial charge in [0, 0.05) is 60.0 Å².